The van der Waals surface area contributed by atoms with Crippen LogP contribution in [0.3, 0.4) is 0 Å². The predicted molar refractivity (Wildman–Crippen MR) is 52.5 cm³/mol. The van der Waals surface area contributed by atoms with Crippen molar-refractivity contribution >= 4 is 17.7 Å². The first-order chi connectivity index (χ1) is 7.02. The third-order valence-electron chi connectivity index (χ3n) is 1.78. The van der Waals surface area contributed by atoms with Gasteiger partial charge in [0.15, 0.2) is 0 Å². The van der Waals surface area contributed by atoms with Crippen LogP contribution in [-0.2, 0) is 14.4 Å². The molecule has 0 amide bonds. The number of carbonyl (C=O) groups excluding carboxylic acids is 1. The maximum absolute atomic E-state index is 10.5. The van der Waals surface area contributed by atoms with Crippen LogP contribution in [0, 0.1) is 0 Å². The number of ketones is 1. The van der Waals surface area contributed by atoms with E-state index in [0.29, 0.717) is 17.9 Å². The molecule has 1 saturated carbocycles. The fourth-order valence-corrected chi connectivity index (χ4v) is 1.09. The average Bonchev–Trinajstić information content (AvgIpc) is 2.17. The quantitative estimate of drug-likeness (QED) is 0.674. The Kier molecular flexibility index (Phi) is 6.88. The van der Waals surface area contributed by atoms with Crippen molar-refractivity contribution in [2.75, 3.05) is 0 Å². The smallest absolute Gasteiger partial charge is 0.328 e. The Morgan fingerprint density at radius 3 is 1.53 bits per heavy atom. The lowest BCUT2D eigenvalue weighted by molar-refractivity contribution is -0.134. The van der Waals surface area contributed by atoms with Crippen molar-refractivity contribution in [2.45, 2.75) is 32.1 Å². The normalized spacial score (nSPS) is 15.6. The zero-order chi connectivity index (χ0) is 11.7. The van der Waals surface area contributed by atoms with E-state index in [0.717, 1.165) is 25.7 Å². The summed E-state index contributed by atoms with van der Waals surface area (Å²) in [7, 11) is 0. The minimum atomic E-state index is -1.26. The van der Waals surface area contributed by atoms with E-state index in [-0.39, 0.29) is 0 Å². The first-order valence-electron chi connectivity index (χ1n) is 4.68. The number of carbonyl (C=O) groups is 3. The largest absolute Gasteiger partial charge is 0.478 e. The molecular formula is C10H14O5. The molecule has 2 N–H and O–H groups in total. The Bertz CT molecular complexity index is 243. The topological polar surface area (TPSA) is 91.7 Å². The van der Waals surface area contributed by atoms with Crippen molar-refractivity contribution in [3.05, 3.63) is 12.2 Å². The maximum atomic E-state index is 10.5. The van der Waals surface area contributed by atoms with Crippen LogP contribution in [0.2, 0.25) is 0 Å². The molecule has 0 unspecified atom stereocenters. The molecule has 0 aromatic carbocycles. The second-order valence-electron chi connectivity index (χ2n) is 3.11. The summed E-state index contributed by atoms with van der Waals surface area (Å²) in [5.74, 6) is -2.05. The van der Waals surface area contributed by atoms with Gasteiger partial charge in [-0.3, -0.25) is 4.79 Å². The molecule has 1 rings (SSSR count). The van der Waals surface area contributed by atoms with Crippen LogP contribution in [-0.4, -0.2) is 27.9 Å². The van der Waals surface area contributed by atoms with Crippen LogP contribution in [0.1, 0.15) is 32.1 Å². The SMILES string of the molecule is O=C(O)/C=C/C(=O)O.O=C1CCCCC1. The molecule has 0 saturated heterocycles. The van der Waals surface area contributed by atoms with E-state index in [1.165, 1.54) is 6.42 Å². The van der Waals surface area contributed by atoms with Crippen molar-refractivity contribution in [1.29, 1.82) is 0 Å². The molecule has 0 heterocycles. The first kappa shape index (κ1) is 13.4. The average molecular weight is 214 g/mol. The van der Waals surface area contributed by atoms with Gasteiger partial charge in [-0.05, 0) is 12.8 Å². The highest BCUT2D eigenvalue weighted by Crippen LogP contribution is 2.12. The lowest BCUT2D eigenvalue weighted by atomic mass is 10.00. The molecular weight excluding hydrogens is 200 g/mol. The molecule has 0 spiro atoms. The van der Waals surface area contributed by atoms with Crippen molar-refractivity contribution in [1.82, 2.24) is 0 Å². The summed E-state index contributed by atoms with van der Waals surface area (Å²) in [6, 6.07) is 0. The van der Waals surface area contributed by atoms with Crippen molar-refractivity contribution in [3.63, 3.8) is 0 Å². The highest BCUT2D eigenvalue weighted by atomic mass is 16.4. The first-order valence-corrected chi connectivity index (χ1v) is 4.68. The maximum Gasteiger partial charge on any atom is 0.328 e. The molecule has 0 aromatic heterocycles. The van der Waals surface area contributed by atoms with Gasteiger partial charge in [0, 0.05) is 25.0 Å². The van der Waals surface area contributed by atoms with Gasteiger partial charge in [-0.1, -0.05) is 6.42 Å². The van der Waals surface area contributed by atoms with E-state index < -0.39 is 11.9 Å². The Morgan fingerprint density at radius 2 is 1.33 bits per heavy atom. The van der Waals surface area contributed by atoms with Crippen LogP contribution < -0.4 is 0 Å². The molecule has 0 radical (unpaired) electrons. The monoisotopic (exact) mass is 214 g/mol. The zero-order valence-corrected chi connectivity index (χ0v) is 8.31. The van der Waals surface area contributed by atoms with Crippen LogP contribution in [0.15, 0.2) is 12.2 Å². The van der Waals surface area contributed by atoms with Gasteiger partial charge in [0.05, 0.1) is 0 Å². The van der Waals surface area contributed by atoms with E-state index in [4.69, 9.17) is 10.2 Å². The van der Waals surface area contributed by atoms with E-state index >= 15 is 0 Å². The number of aliphatic carboxylic acids is 2. The fourth-order valence-electron chi connectivity index (χ4n) is 1.09. The second-order valence-corrected chi connectivity index (χ2v) is 3.11. The number of hydrogen-bond donors (Lipinski definition) is 2. The minimum Gasteiger partial charge on any atom is -0.478 e. The zero-order valence-electron chi connectivity index (χ0n) is 8.31. The molecule has 15 heavy (non-hydrogen) atoms. The van der Waals surface area contributed by atoms with Gasteiger partial charge in [0.1, 0.15) is 5.78 Å². The van der Waals surface area contributed by atoms with Crippen molar-refractivity contribution in [3.8, 4) is 0 Å². The summed E-state index contributed by atoms with van der Waals surface area (Å²) in [5.41, 5.74) is 0. The highest BCUT2D eigenvalue weighted by molar-refractivity contribution is 5.89. The van der Waals surface area contributed by atoms with Gasteiger partial charge in [0.2, 0.25) is 0 Å². The van der Waals surface area contributed by atoms with Gasteiger partial charge in [0.25, 0.3) is 0 Å². The van der Waals surface area contributed by atoms with E-state index in [2.05, 4.69) is 0 Å². The highest BCUT2D eigenvalue weighted by Gasteiger charge is 2.05. The molecule has 5 heteroatoms. The molecule has 1 aliphatic rings. The van der Waals surface area contributed by atoms with E-state index in [9.17, 15) is 14.4 Å². The molecule has 0 atom stereocenters. The molecule has 0 aromatic rings. The van der Waals surface area contributed by atoms with E-state index in [1.54, 1.807) is 0 Å². The third kappa shape index (κ3) is 10.3. The van der Waals surface area contributed by atoms with Gasteiger partial charge < -0.3 is 10.2 Å². The fraction of sp³-hybridized carbons (Fsp3) is 0.500. The lowest BCUT2D eigenvalue weighted by Crippen LogP contribution is -2.02. The molecule has 1 fully saturated rings. The number of Topliss-reactive ketones (excluding diaryl/α,β-unsaturated/α-hetero) is 1. The Balaban J connectivity index is 0.000000262. The third-order valence-corrected chi connectivity index (χ3v) is 1.78. The number of carboxylic acid groups (broad SMARTS) is 2. The van der Waals surface area contributed by atoms with Gasteiger partial charge in [-0.25, -0.2) is 9.59 Å². The molecule has 5 nitrogen and oxygen atoms in total. The molecule has 0 bridgehead atoms. The lowest BCUT2D eigenvalue weighted by Gasteiger charge is -2.05. The second kappa shape index (κ2) is 7.73. The summed E-state index contributed by atoms with van der Waals surface area (Å²) in [5, 5.41) is 15.6. The summed E-state index contributed by atoms with van der Waals surface area (Å²) in [6.45, 7) is 0. The number of hydrogen-bond acceptors (Lipinski definition) is 3. The molecule has 84 valence electrons. The van der Waals surface area contributed by atoms with E-state index in [1.807, 2.05) is 0 Å². The molecule has 1 aliphatic carbocycles. The summed E-state index contributed by atoms with van der Waals surface area (Å²) in [4.78, 5) is 29.6. The van der Waals surface area contributed by atoms with Crippen molar-refractivity contribution in [2.24, 2.45) is 0 Å². The standard InChI is InChI=1S/C6H10O.C4H4O4/c7-6-4-2-1-3-5-6;5-3(6)1-2-4(7)8/h1-5H2;1-2H,(H,5,6)(H,7,8)/b;2-1+. The number of rotatable bonds is 2. The molecule has 0 aliphatic heterocycles. The Morgan fingerprint density at radius 1 is 0.933 bits per heavy atom. The van der Waals surface area contributed by atoms with Crippen LogP contribution in [0.4, 0.5) is 0 Å². The van der Waals surface area contributed by atoms with Gasteiger partial charge in [-0.2, -0.15) is 0 Å². The Hall–Kier alpha value is -1.65. The number of carboxylic acids is 2. The Labute approximate surface area is 87.4 Å². The van der Waals surface area contributed by atoms with Crippen LogP contribution in [0.25, 0.3) is 0 Å². The summed E-state index contributed by atoms with van der Waals surface area (Å²) in [6.07, 6.45) is 6.36. The summed E-state index contributed by atoms with van der Waals surface area (Å²) >= 11 is 0. The summed E-state index contributed by atoms with van der Waals surface area (Å²) < 4.78 is 0. The minimum absolute atomic E-state index is 0.464. The van der Waals surface area contributed by atoms with Crippen molar-refractivity contribution < 1.29 is 24.6 Å². The van der Waals surface area contributed by atoms with Crippen LogP contribution in [0.5, 0.6) is 0 Å². The van der Waals surface area contributed by atoms with Gasteiger partial charge in [-0.15, -0.1) is 0 Å². The predicted octanol–water partition coefficient (Wildman–Crippen LogP) is 1.23. The van der Waals surface area contributed by atoms with Crippen LogP contribution >= 0.6 is 0 Å². The van der Waals surface area contributed by atoms with Gasteiger partial charge >= 0.3 is 11.9 Å².